The summed E-state index contributed by atoms with van der Waals surface area (Å²) in [6.45, 7) is 0. The van der Waals surface area contributed by atoms with E-state index in [-0.39, 0.29) is 5.41 Å². The first-order valence-corrected chi connectivity index (χ1v) is 17.4. The molecular weight excluding hydrogens is 603 g/mol. The minimum Gasteiger partial charge on any atom is -0.310 e. The standard InChI is InChI=1S/C49H31N/c1-3-11-32(12-4-1)34-21-25-36(26-22-34)50(37-27-23-35(24-28-37)33-13-5-2-6-14-33)38-29-30-40-42-17-10-19-44-43-18-9-16-41-39-15-7-8-20-45(39)49(47(41)43,48(42)44)46(40)31-38/h1-31H. The average molecular weight is 634 g/mol. The molecule has 0 heterocycles. The summed E-state index contributed by atoms with van der Waals surface area (Å²) in [6, 6.07) is 69.4. The van der Waals surface area contributed by atoms with Crippen molar-refractivity contribution >= 4 is 17.1 Å². The van der Waals surface area contributed by atoms with Crippen LogP contribution in [0.1, 0.15) is 22.3 Å². The van der Waals surface area contributed by atoms with E-state index < -0.39 is 0 Å². The molecule has 232 valence electrons. The van der Waals surface area contributed by atoms with Crippen molar-refractivity contribution in [2.24, 2.45) is 0 Å². The van der Waals surface area contributed by atoms with Gasteiger partial charge in [-0.15, -0.1) is 0 Å². The topological polar surface area (TPSA) is 3.24 Å². The van der Waals surface area contributed by atoms with Crippen molar-refractivity contribution in [3.05, 3.63) is 210 Å². The van der Waals surface area contributed by atoms with E-state index >= 15 is 0 Å². The van der Waals surface area contributed by atoms with E-state index in [0.29, 0.717) is 0 Å². The van der Waals surface area contributed by atoms with Gasteiger partial charge < -0.3 is 4.90 Å². The SMILES string of the molecule is c1ccc(-c2ccc(N(c3ccc(-c4ccccc4)cc3)c3ccc4c(c3)C35c6ccccc6-c6cccc(c63)-c3cccc-4c35)cc2)cc1. The lowest BCUT2D eigenvalue weighted by atomic mass is 9.73. The lowest BCUT2D eigenvalue weighted by Crippen LogP contribution is -2.23. The third kappa shape index (κ3) is 3.61. The molecule has 0 N–H and O–H groups in total. The molecule has 0 bridgehead atoms. The maximum absolute atomic E-state index is 2.49. The molecule has 11 rings (SSSR count). The molecule has 0 radical (unpaired) electrons. The molecule has 3 aliphatic carbocycles. The molecule has 1 atom stereocenters. The molecular formula is C49H31N. The Hall–Kier alpha value is -6.44. The Balaban J connectivity index is 1.13. The van der Waals surface area contributed by atoms with Gasteiger partial charge in [0.15, 0.2) is 0 Å². The number of benzene rings is 8. The smallest absolute Gasteiger partial charge is 0.0738 e. The van der Waals surface area contributed by atoms with Gasteiger partial charge in [-0.1, -0.05) is 152 Å². The molecule has 1 nitrogen and oxygen atoms in total. The van der Waals surface area contributed by atoms with Crippen LogP contribution < -0.4 is 4.90 Å². The van der Waals surface area contributed by atoms with Gasteiger partial charge in [-0.2, -0.15) is 0 Å². The van der Waals surface area contributed by atoms with E-state index in [1.165, 1.54) is 77.9 Å². The number of fused-ring (bicyclic) bond motifs is 5. The fourth-order valence-corrected chi connectivity index (χ4v) is 9.19. The molecule has 1 spiro atoms. The van der Waals surface area contributed by atoms with E-state index in [0.717, 1.165) is 17.1 Å². The van der Waals surface area contributed by atoms with Crippen molar-refractivity contribution in [2.45, 2.75) is 5.41 Å². The summed E-state index contributed by atoms with van der Waals surface area (Å²) in [6.07, 6.45) is 0. The molecule has 8 aromatic rings. The van der Waals surface area contributed by atoms with Crippen LogP contribution >= 0.6 is 0 Å². The number of anilines is 3. The maximum Gasteiger partial charge on any atom is 0.0738 e. The molecule has 0 fully saturated rings. The molecule has 3 aliphatic rings. The summed E-state index contributed by atoms with van der Waals surface area (Å²) < 4.78 is 0. The van der Waals surface area contributed by atoms with Crippen LogP contribution in [-0.2, 0) is 5.41 Å². The Morgan fingerprint density at radius 1 is 0.280 bits per heavy atom. The highest BCUT2D eigenvalue weighted by molar-refractivity contribution is 6.06. The molecule has 50 heavy (non-hydrogen) atoms. The fourth-order valence-electron chi connectivity index (χ4n) is 9.19. The van der Waals surface area contributed by atoms with Gasteiger partial charge in [0.2, 0.25) is 0 Å². The molecule has 1 heteroatoms. The number of nitrogens with zero attached hydrogens (tertiary/aromatic N) is 1. The summed E-state index contributed by atoms with van der Waals surface area (Å²) in [7, 11) is 0. The van der Waals surface area contributed by atoms with Gasteiger partial charge in [-0.25, -0.2) is 0 Å². The Morgan fingerprint density at radius 2 is 0.680 bits per heavy atom. The second-order valence-corrected chi connectivity index (χ2v) is 13.6. The van der Waals surface area contributed by atoms with Crippen molar-refractivity contribution in [1.29, 1.82) is 0 Å². The van der Waals surface area contributed by atoms with Gasteiger partial charge in [0, 0.05) is 17.1 Å². The van der Waals surface area contributed by atoms with E-state index in [9.17, 15) is 0 Å². The Labute approximate surface area is 292 Å². The van der Waals surface area contributed by atoms with Gasteiger partial charge in [-0.3, -0.25) is 0 Å². The predicted molar refractivity (Wildman–Crippen MR) is 207 cm³/mol. The molecule has 0 aromatic heterocycles. The monoisotopic (exact) mass is 633 g/mol. The summed E-state index contributed by atoms with van der Waals surface area (Å²) in [5, 5.41) is 0. The van der Waals surface area contributed by atoms with E-state index in [1.807, 2.05) is 0 Å². The van der Waals surface area contributed by atoms with Crippen LogP contribution in [-0.4, -0.2) is 0 Å². The zero-order chi connectivity index (χ0) is 32.8. The largest absolute Gasteiger partial charge is 0.310 e. The van der Waals surface area contributed by atoms with Crippen molar-refractivity contribution < 1.29 is 0 Å². The summed E-state index contributed by atoms with van der Waals surface area (Å²) >= 11 is 0. The van der Waals surface area contributed by atoms with Crippen LogP contribution in [0.2, 0.25) is 0 Å². The summed E-state index contributed by atoms with van der Waals surface area (Å²) in [5.74, 6) is 0. The number of hydrogen-bond acceptors (Lipinski definition) is 1. The number of rotatable bonds is 5. The van der Waals surface area contributed by atoms with Crippen LogP contribution in [0, 0.1) is 0 Å². The highest BCUT2D eigenvalue weighted by Gasteiger charge is 2.57. The van der Waals surface area contributed by atoms with Crippen LogP contribution in [0.4, 0.5) is 17.1 Å². The van der Waals surface area contributed by atoms with Crippen LogP contribution in [0.3, 0.4) is 0 Å². The lowest BCUT2D eigenvalue weighted by molar-refractivity contribution is 0.818. The summed E-state index contributed by atoms with van der Waals surface area (Å²) in [4.78, 5) is 2.42. The minimum absolute atomic E-state index is 0.320. The minimum atomic E-state index is -0.320. The second-order valence-electron chi connectivity index (χ2n) is 13.6. The van der Waals surface area contributed by atoms with Crippen molar-refractivity contribution in [3.63, 3.8) is 0 Å². The molecule has 1 unspecified atom stereocenters. The van der Waals surface area contributed by atoms with Crippen molar-refractivity contribution in [3.8, 4) is 55.6 Å². The van der Waals surface area contributed by atoms with Crippen LogP contribution in [0.25, 0.3) is 55.6 Å². The van der Waals surface area contributed by atoms with Gasteiger partial charge >= 0.3 is 0 Å². The third-order valence-corrected chi connectivity index (χ3v) is 11.2. The molecule has 0 aliphatic heterocycles. The Kier molecular flexibility index (Phi) is 5.66. The molecule has 0 saturated carbocycles. The first-order chi connectivity index (χ1) is 24.8. The lowest BCUT2D eigenvalue weighted by Gasteiger charge is -2.30. The zero-order valence-electron chi connectivity index (χ0n) is 27.3. The molecule has 8 aromatic carbocycles. The van der Waals surface area contributed by atoms with E-state index in [1.54, 1.807) is 0 Å². The average Bonchev–Trinajstić information content (AvgIpc) is 3.79. The highest BCUT2D eigenvalue weighted by atomic mass is 15.1. The van der Waals surface area contributed by atoms with Crippen LogP contribution in [0.5, 0.6) is 0 Å². The predicted octanol–water partition coefficient (Wildman–Crippen LogP) is 12.8. The Bertz CT molecular complexity index is 2500. The first kappa shape index (κ1) is 27.5. The molecule has 0 saturated heterocycles. The molecule has 0 amide bonds. The van der Waals surface area contributed by atoms with E-state index in [2.05, 4.69) is 193 Å². The van der Waals surface area contributed by atoms with Gasteiger partial charge in [0.1, 0.15) is 0 Å². The summed E-state index contributed by atoms with van der Waals surface area (Å²) in [5.41, 5.74) is 21.8. The van der Waals surface area contributed by atoms with Gasteiger partial charge in [0.05, 0.1) is 5.41 Å². The van der Waals surface area contributed by atoms with Crippen LogP contribution in [0.15, 0.2) is 188 Å². The van der Waals surface area contributed by atoms with E-state index in [4.69, 9.17) is 0 Å². The quantitative estimate of drug-likeness (QED) is 0.182. The zero-order valence-corrected chi connectivity index (χ0v) is 27.3. The highest BCUT2D eigenvalue weighted by Crippen LogP contribution is 2.70. The fraction of sp³-hybridized carbons (Fsp3) is 0.0204. The normalized spacial score (nSPS) is 15.3. The van der Waals surface area contributed by atoms with Crippen molar-refractivity contribution in [2.75, 3.05) is 4.90 Å². The van der Waals surface area contributed by atoms with Gasteiger partial charge in [-0.05, 0) is 114 Å². The maximum atomic E-state index is 2.49. The first-order valence-electron chi connectivity index (χ1n) is 17.4. The second kappa shape index (κ2) is 10.3. The third-order valence-electron chi connectivity index (χ3n) is 11.2. The van der Waals surface area contributed by atoms with Crippen molar-refractivity contribution in [1.82, 2.24) is 0 Å². The number of hydrogen-bond donors (Lipinski definition) is 0. The Morgan fingerprint density at radius 3 is 1.22 bits per heavy atom. The van der Waals surface area contributed by atoms with Gasteiger partial charge in [0.25, 0.3) is 0 Å².